The number of rotatable bonds is 9. The minimum absolute atomic E-state index is 0.0778. The molecule has 3 aromatic rings. The topological polar surface area (TPSA) is 136 Å². The quantitative estimate of drug-likeness (QED) is 0.327. The van der Waals surface area contributed by atoms with Gasteiger partial charge >= 0.3 is 0 Å². The van der Waals surface area contributed by atoms with Crippen molar-refractivity contribution in [2.75, 3.05) is 12.4 Å². The van der Waals surface area contributed by atoms with E-state index in [1.165, 1.54) is 6.07 Å². The average Bonchev–Trinajstić information content (AvgIpc) is 3.51. The van der Waals surface area contributed by atoms with Crippen molar-refractivity contribution in [1.82, 2.24) is 15.6 Å². The van der Waals surface area contributed by atoms with Gasteiger partial charge in [-0.3, -0.25) is 14.4 Å². The highest BCUT2D eigenvalue weighted by atomic mass is 35.5. The molecule has 0 saturated heterocycles. The summed E-state index contributed by atoms with van der Waals surface area (Å²) in [6.07, 6.45) is 2.16. The first-order chi connectivity index (χ1) is 18.3. The van der Waals surface area contributed by atoms with Crippen LogP contribution in [-0.2, 0) is 9.59 Å². The fourth-order valence-corrected chi connectivity index (χ4v) is 5.05. The highest BCUT2D eigenvalue weighted by Gasteiger charge is 2.38. The van der Waals surface area contributed by atoms with Gasteiger partial charge in [-0.2, -0.15) is 5.26 Å². The SMILES string of the molecule is COc1cccc2[nH]c(C(=O)NC(CC3CC3)C(=O)NC(C#N)CC3C(=O)Nc4c(Cl)ccc(F)c43)cc12. The fraction of sp³-hybridized carbons (Fsp3) is 0.333. The highest BCUT2D eigenvalue weighted by Crippen LogP contribution is 2.41. The van der Waals surface area contributed by atoms with Gasteiger partial charge in [0.1, 0.15) is 29.3 Å². The number of benzene rings is 2. The maximum absolute atomic E-state index is 14.5. The monoisotopic (exact) mass is 537 g/mol. The first-order valence-corrected chi connectivity index (χ1v) is 12.6. The van der Waals surface area contributed by atoms with Gasteiger partial charge in [0.15, 0.2) is 0 Å². The van der Waals surface area contributed by atoms with Crippen LogP contribution in [0.3, 0.4) is 0 Å². The maximum Gasteiger partial charge on any atom is 0.268 e. The number of hydrogen-bond donors (Lipinski definition) is 4. The lowest BCUT2D eigenvalue weighted by atomic mass is 9.93. The van der Waals surface area contributed by atoms with Crippen molar-refractivity contribution in [3.8, 4) is 11.8 Å². The molecule has 1 saturated carbocycles. The van der Waals surface area contributed by atoms with Crippen molar-refractivity contribution in [2.45, 2.75) is 43.7 Å². The predicted octanol–water partition coefficient (Wildman–Crippen LogP) is 4.00. The van der Waals surface area contributed by atoms with Gasteiger partial charge in [-0.05, 0) is 49.1 Å². The van der Waals surface area contributed by atoms with E-state index in [0.717, 1.165) is 24.3 Å². The molecule has 196 valence electrons. The zero-order valence-electron chi connectivity index (χ0n) is 20.4. The summed E-state index contributed by atoms with van der Waals surface area (Å²) in [7, 11) is 1.54. The second kappa shape index (κ2) is 10.3. The lowest BCUT2D eigenvalue weighted by Gasteiger charge is -2.21. The Balaban J connectivity index is 1.30. The van der Waals surface area contributed by atoms with Gasteiger partial charge in [-0.1, -0.05) is 30.5 Å². The van der Waals surface area contributed by atoms with Crippen LogP contribution in [0.1, 0.15) is 47.7 Å². The Morgan fingerprint density at radius 1 is 1.24 bits per heavy atom. The molecule has 0 spiro atoms. The summed E-state index contributed by atoms with van der Waals surface area (Å²) < 4.78 is 19.9. The molecule has 1 aromatic heterocycles. The third-order valence-electron chi connectivity index (χ3n) is 6.97. The van der Waals surface area contributed by atoms with Gasteiger partial charge < -0.3 is 25.7 Å². The fourth-order valence-electron chi connectivity index (χ4n) is 4.84. The molecule has 2 heterocycles. The standard InChI is InChI=1S/C27H25ClFN5O4/c1-38-22-4-2-3-19-15(22)11-21(32-19)27(37)33-20(9-13-5-6-13)26(36)31-14(12-30)10-16-23-18(29)8-7-17(28)24(23)34-25(16)35/h2-4,7-8,11,13-14,16,20,32H,5-6,9-10H2,1H3,(H,31,36)(H,33,37)(H,34,35). The number of nitriles is 1. The number of carbonyl (C=O) groups is 3. The number of anilines is 1. The number of carbonyl (C=O) groups excluding carboxylic acids is 3. The number of nitrogens with zero attached hydrogens (tertiary/aromatic N) is 1. The van der Waals surface area contributed by atoms with Crippen LogP contribution in [0.4, 0.5) is 10.1 Å². The van der Waals surface area contributed by atoms with Crippen molar-refractivity contribution in [1.29, 1.82) is 5.26 Å². The summed E-state index contributed by atoms with van der Waals surface area (Å²) in [4.78, 5) is 41.9. The van der Waals surface area contributed by atoms with Crippen LogP contribution in [0.15, 0.2) is 36.4 Å². The van der Waals surface area contributed by atoms with E-state index in [4.69, 9.17) is 16.3 Å². The second-order valence-corrected chi connectivity index (χ2v) is 10.0. The minimum Gasteiger partial charge on any atom is -0.496 e. The van der Waals surface area contributed by atoms with Crippen molar-refractivity contribution in [2.24, 2.45) is 5.92 Å². The number of ether oxygens (including phenoxy) is 1. The molecule has 4 N–H and O–H groups in total. The smallest absolute Gasteiger partial charge is 0.268 e. The summed E-state index contributed by atoms with van der Waals surface area (Å²) >= 11 is 6.10. The first kappa shape index (κ1) is 25.5. The van der Waals surface area contributed by atoms with Crippen molar-refractivity contribution in [3.63, 3.8) is 0 Å². The largest absolute Gasteiger partial charge is 0.496 e. The number of H-pyrrole nitrogens is 1. The molecule has 9 nitrogen and oxygen atoms in total. The normalized spacial score (nSPS) is 17.7. The van der Waals surface area contributed by atoms with Gasteiger partial charge in [-0.25, -0.2) is 4.39 Å². The summed E-state index contributed by atoms with van der Waals surface area (Å²) in [5.41, 5.74) is 1.24. The number of hydrogen-bond acceptors (Lipinski definition) is 5. The molecule has 3 unspecified atom stereocenters. The van der Waals surface area contributed by atoms with Crippen molar-refractivity contribution >= 4 is 45.9 Å². The van der Waals surface area contributed by atoms with E-state index in [1.807, 2.05) is 12.1 Å². The van der Waals surface area contributed by atoms with E-state index < -0.39 is 41.5 Å². The molecular formula is C27H25ClFN5O4. The van der Waals surface area contributed by atoms with E-state index >= 15 is 0 Å². The van der Waals surface area contributed by atoms with Gasteiger partial charge in [-0.15, -0.1) is 0 Å². The van der Waals surface area contributed by atoms with Crippen LogP contribution in [0, 0.1) is 23.1 Å². The number of methoxy groups -OCH3 is 1. The van der Waals surface area contributed by atoms with Gasteiger partial charge in [0, 0.05) is 16.5 Å². The maximum atomic E-state index is 14.5. The predicted molar refractivity (Wildman–Crippen MR) is 138 cm³/mol. The van der Waals surface area contributed by atoms with Crippen LogP contribution in [0.2, 0.25) is 5.02 Å². The number of halogens is 2. The van der Waals surface area contributed by atoms with Crippen LogP contribution < -0.4 is 20.7 Å². The molecular weight excluding hydrogens is 513 g/mol. The Hall–Kier alpha value is -4.10. The second-order valence-electron chi connectivity index (χ2n) is 9.60. The molecule has 3 amide bonds. The lowest BCUT2D eigenvalue weighted by Crippen LogP contribution is -2.50. The third-order valence-corrected chi connectivity index (χ3v) is 7.29. The molecule has 1 aliphatic carbocycles. The van der Waals surface area contributed by atoms with E-state index in [1.54, 1.807) is 25.3 Å². The third kappa shape index (κ3) is 5.02. The van der Waals surface area contributed by atoms with E-state index in [-0.39, 0.29) is 34.3 Å². The highest BCUT2D eigenvalue weighted by molar-refractivity contribution is 6.34. The Labute approximate surface area is 222 Å². The molecule has 5 rings (SSSR count). The Bertz CT molecular complexity index is 1480. The average molecular weight is 538 g/mol. The van der Waals surface area contributed by atoms with Crippen LogP contribution >= 0.6 is 11.6 Å². The van der Waals surface area contributed by atoms with E-state index in [9.17, 15) is 24.0 Å². The molecule has 2 aromatic carbocycles. The molecule has 0 radical (unpaired) electrons. The van der Waals surface area contributed by atoms with Crippen molar-refractivity contribution < 1.29 is 23.5 Å². The van der Waals surface area contributed by atoms with Crippen LogP contribution in [-0.4, -0.2) is 41.9 Å². The molecule has 0 bridgehead atoms. The molecule has 38 heavy (non-hydrogen) atoms. The van der Waals surface area contributed by atoms with E-state index in [2.05, 4.69) is 20.9 Å². The summed E-state index contributed by atoms with van der Waals surface area (Å²) in [5.74, 6) is -2.24. The van der Waals surface area contributed by atoms with Crippen LogP contribution in [0.5, 0.6) is 5.75 Å². The van der Waals surface area contributed by atoms with Crippen molar-refractivity contribution in [3.05, 3.63) is 58.5 Å². The molecule has 11 heteroatoms. The number of aromatic amines is 1. The molecule has 1 fully saturated rings. The zero-order valence-corrected chi connectivity index (χ0v) is 21.2. The molecule has 2 aliphatic rings. The molecule has 1 aliphatic heterocycles. The number of amides is 3. The minimum atomic E-state index is -1.10. The Morgan fingerprint density at radius 3 is 2.74 bits per heavy atom. The summed E-state index contributed by atoms with van der Waals surface area (Å²) in [5, 5.41) is 18.6. The molecule has 3 atom stereocenters. The lowest BCUT2D eigenvalue weighted by molar-refractivity contribution is -0.124. The Kier molecular flexibility index (Phi) is 6.95. The van der Waals surface area contributed by atoms with Gasteiger partial charge in [0.2, 0.25) is 11.8 Å². The van der Waals surface area contributed by atoms with Gasteiger partial charge in [0.25, 0.3) is 5.91 Å². The summed E-state index contributed by atoms with van der Waals surface area (Å²) in [6, 6.07) is 9.55. The van der Waals surface area contributed by atoms with Crippen LogP contribution in [0.25, 0.3) is 10.9 Å². The number of fused-ring (bicyclic) bond motifs is 2. The number of nitrogens with one attached hydrogen (secondary N) is 4. The van der Waals surface area contributed by atoms with E-state index in [0.29, 0.717) is 17.7 Å². The van der Waals surface area contributed by atoms with Gasteiger partial charge in [0.05, 0.1) is 29.8 Å². The first-order valence-electron chi connectivity index (χ1n) is 12.2. The number of aromatic nitrogens is 1. The zero-order chi connectivity index (χ0) is 27.0. The summed E-state index contributed by atoms with van der Waals surface area (Å²) in [6.45, 7) is 0. The Morgan fingerprint density at radius 2 is 2.03 bits per heavy atom.